The first-order valence-electron chi connectivity index (χ1n) is 18.6. The van der Waals surface area contributed by atoms with Gasteiger partial charge in [0, 0.05) is 5.56 Å². The molecule has 6 nitrogen and oxygen atoms in total. The van der Waals surface area contributed by atoms with Crippen LogP contribution in [0, 0.1) is 35.5 Å². The van der Waals surface area contributed by atoms with Gasteiger partial charge in [0.1, 0.15) is 19.3 Å². The summed E-state index contributed by atoms with van der Waals surface area (Å²) in [6.07, 6.45) is 6.64. The molecule has 0 aromatic heterocycles. The lowest BCUT2D eigenvalue weighted by Crippen LogP contribution is -2.38. The molecule has 0 radical (unpaired) electrons. The van der Waals surface area contributed by atoms with Crippen molar-refractivity contribution >= 4 is 33.5 Å². The molecule has 2 saturated carbocycles. The Morgan fingerprint density at radius 2 is 1.23 bits per heavy atom. The van der Waals surface area contributed by atoms with Crippen LogP contribution in [0.3, 0.4) is 0 Å². The zero-order chi connectivity index (χ0) is 33.9. The number of hydrogen-bond donors (Lipinski definition) is 0. The van der Waals surface area contributed by atoms with Crippen molar-refractivity contribution in [2.45, 2.75) is 117 Å². The number of fused-ring (bicyclic) bond motifs is 5. The van der Waals surface area contributed by atoms with Gasteiger partial charge in [0.15, 0.2) is 6.10 Å². The molecule has 2 fully saturated rings. The summed E-state index contributed by atoms with van der Waals surface area (Å²) in [4.78, 5) is 26.9. The molecule has 0 amide bonds. The highest BCUT2D eigenvalue weighted by Crippen LogP contribution is 2.41. The van der Waals surface area contributed by atoms with Crippen molar-refractivity contribution in [3.05, 3.63) is 59.7 Å². The van der Waals surface area contributed by atoms with E-state index in [4.69, 9.17) is 18.9 Å². The number of ether oxygens (including phenoxy) is 4. The first kappa shape index (κ1) is 34.9. The fourth-order valence-electron chi connectivity index (χ4n) is 8.95. The summed E-state index contributed by atoms with van der Waals surface area (Å²) < 4.78 is 24.9. The molecule has 48 heavy (non-hydrogen) atoms. The molecule has 3 aliphatic carbocycles. The highest BCUT2D eigenvalue weighted by Gasteiger charge is 2.38. The lowest BCUT2D eigenvalue weighted by molar-refractivity contribution is -0.180. The highest BCUT2D eigenvalue weighted by atomic mass is 16.6. The fraction of sp³-hybridized carbons (Fsp3) is 0.619. The zero-order valence-electron chi connectivity index (χ0n) is 29.9. The Morgan fingerprint density at radius 3 is 1.85 bits per heavy atom. The van der Waals surface area contributed by atoms with Crippen molar-refractivity contribution in [2.75, 3.05) is 13.2 Å². The predicted molar refractivity (Wildman–Crippen MR) is 191 cm³/mol. The van der Waals surface area contributed by atoms with E-state index in [0.717, 1.165) is 48.6 Å². The molecular weight excluding hydrogens is 600 g/mol. The number of rotatable bonds is 10. The number of hydrogen-bond acceptors (Lipinski definition) is 6. The maximum atomic E-state index is 13.5. The summed E-state index contributed by atoms with van der Waals surface area (Å²) in [6, 6.07) is 16.9. The quantitative estimate of drug-likeness (QED) is 0.160. The van der Waals surface area contributed by atoms with E-state index in [2.05, 4.69) is 90.1 Å². The average molecular weight is 657 g/mol. The van der Waals surface area contributed by atoms with Gasteiger partial charge in [-0.3, -0.25) is 0 Å². The molecule has 0 aliphatic heterocycles. The van der Waals surface area contributed by atoms with Crippen LogP contribution in [0.25, 0.3) is 21.5 Å². The van der Waals surface area contributed by atoms with Crippen molar-refractivity contribution in [1.82, 2.24) is 0 Å². The molecule has 6 heteroatoms. The van der Waals surface area contributed by atoms with Crippen LogP contribution in [0.4, 0.5) is 0 Å². The van der Waals surface area contributed by atoms with E-state index in [9.17, 15) is 9.59 Å². The van der Waals surface area contributed by atoms with Gasteiger partial charge in [0.2, 0.25) is 0 Å². The number of carbonyl (C=O) groups excluding carboxylic acids is 2. The molecule has 0 heterocycles. The number of benzene rings is 3. The largest absolute Gasteiger partial charge is 0.456 e. The van der Waals surface area contributed by atoms with Crippen LogP contribution in [0.5, 0.6) is 0 Å². The first-order chi connectivity index (χ1) is 23.1. The van der Waals surface area contributed by atoms with E-state index < -0.39 is 24.1 Å². The third-order valence-electron chi connectivity index (χ3n) is 11.7. The van der Waals surface area contributed by atoms with E-state index >= 15 is 0 Å². The third kappa shape index (κ3) is 7.75. The molecule has 0 bridgehead atoms. The predicted octanol–water partition coefficient (Wildman–Crippen LogP) is 9.39. The second-order valence-corrected chi connectivity index (χ2v) is 15.8. The molecule has 260 valence electrons. The normalized spacial score (nSPS) is 29.2. The summed E-state index contributed by atoms with van der Waals surface area (Å²) in [5, 5.41) is 4.72. The van der Waals surface area contributed by atoms with E-state index in [1.165, 1.54) is 29.0 Å². The molecule has 6 unspecified atom stereocenters. The summed E-state index contributed by atoms with van der Waals surface area (Å²) in [5.74, 6) is 2.21. The van der Waals surface area contributed by atoms with Gasteiger partial charge < -0.3 is 18.9 Å². The van der Waals surface area contributed by atoms with Crippen molar-refractivity contribution in [2.24, 2.45) is 35.5 Å². The molecular formula is C42H56O6. The lowest BCUT2D eigenvalue weighted by atomic mass is 9.75. The summed E-state index contributed by atoms with van der Waals surface area (Å²) in [6.45, 7) is 13.3. The van der Waals surface area contributed by atoms with Crippen LogP contribution in [0.1, 0.15) is 104 Å². The van der Waals surface area contributed by atoms with Gasteiger partial charge in [-0.2, -0.15) is 0 Å². The first-order valence-corrected chi connectivity index (χ1v) is 18.6. The second-order valence-electron chi connectivity index (χ2n) is 15.8. The molecule has 0 spiro atoms. The van der Waals surface area contributed by atoms with Gasteiger partial charge >= 0.3 is 11.9 Å². The zero-order valence-corrected chi connectivity index (χ0v) is 29.9. The van der Waals surface area contributed by atoms with Gasteiger partial charge in [-0.15, -0.1) is 0 Å². The van der Waals surface area contributed by atoms with Crippen molar-refractivity contribution < 1.29 is 28.5 Å². The Labute approximate surface area is 287 Å². The summed E-state index contributed by atoms with van der Waals surface area (Å²) in [7, 11) is 0. The maximum Gasteiger partial charge on any atom is 0.332 e. The van der Waals surface area contributed by atoms with Crippen molar-refractivity contribution in [3.8, 4) is 0 Å². The van der Waals surface area contributed by atoms with Gasteiger partial charge in [0.25, 0.3) is 0 Å². The minimum absolute atomic E-state index is 0.0418. The lowest BCUT2D eigenvalue weighted by Gasteiger charge is -2.37. The van der Waals surface area contributed by atoms with E-state index in [1.54, 1.807) is 0 Å². The van der Waals surface area contributed by atoms with Crippen molar-refractivity contribution in [1.29, 1.82) is 0 Å². The molecule has 3 aliphatic rings. The van der Waals surface area contributed by atoms with Crippen molar-refractivity contribution in [3.63, 3.8) is 0 Å². The molecule has 3 aromatic carbocycles. The van der Waals surface area contributed by atoms with Crippen LogP contribution in [-0.2, 0) is 35.0 Å². The Hall–Kier alpha value is -2.96. The fourth-order valence-corrected chi connectivity index (χ4v) is 8.95. The summed E-state index contributed by atoms with van der Waals surface area (Å²) in [5.41, 5.74) is 2.06. The van der Waals surface area contributed by atoms with Crippen LogP contribution in [0.2, 0.25) is 0 Å². The van der Waals surface area contributed by atoms with Crippen LogP contribution >= 0.6 is 0 Å². The van der Waals surface area contributed by atoms with Gasteiger partial charge in [-0.25, -0.2) is 9.59 Å². The van der Waals surface area contributed by atoms with E-state index in [-0.39, 0.29) is 25.4 Å². The van der Waals surface area contributed by atoms with E-state index in [0.29, 0.717) is 41.9 Å². The number of aryl methyl sites for hydroxylation is 1. The molecule has 0 N–H and O–H groups in total. The van der Waals surface area contributed by atoms with Gasteiger partial charge in [0.05, 0.1) is 12.2 Å². The Bertz CT molecular complexity index is 1580. The van der Waals surface area contributed by atoms with Gasteiger partial charge in [-0.05, 0) is 101 Å². The minimum atomic E-state index is -0.714. The SMILES string of the molecule is CC1CCC(C(C)C)C(OCC(=O)O[C@@H]2c3ccc4c(ccc5ccccc54)c3CC[C@H]2OC(=O)COC2CC(C)CCC2C(C)C)C1. The summed E-state index contributed by atoms with van der Waals surface area (Å²) >= 11 is 0. The number of esters is 2. The minimum Gasteiger partial charge on any atom is -0.456 e. The standard InChI is InChI=1S/C42H56O6/c1-25(2)30-14-11-27(5)21-38(30)45-23-40(43)47-37-20-19-35-34-16-13-29-9-7-8-10-32(29)33(34)17-18-36(35)42(37)48-41(44)24-46-39-22-28(6)12-15-31(39)26(3)4/h7-10,13,16-18,25-28,30-31,37-39,42H,11-12,14-15,19-24H2,1-6H3/t27?,28?,30?,31?,37-,38?,39?,42-/m1/s1. The topological polar surface area (TPSA) is 71.1 Å². The monoisotopic (exact) mass is 656 g/mol. The molecule has 0 saturated heterocycles. The van der Waals surface area contributed by atoms with Crippen LogP contribution < -0.4 is 0 Å². The molecule has 3 aromatic rings. The molecule has 8 atom stereocenters. The molecule has 6 rings (SSSR count). The Balaban J connectivity index is 1.21. The smallest absolute Gasteiger partial charge is 0.332 e. The second kappa shape index (κ2) is 15.3. The Morgan fingerprint density at radius 1 is 0.646 bits per heavy atom. The highest BCUT2D eigenvalue weighted by molar-refractivity contribution is 6.08. The van der Waals surface area contributed by atoms with Crippen LogP contribution in [-0.4, -0.2) is 43.5 Å². The van der Waals surface area contributed by atoms with E-state index in [1.807, 2.05) is 0 Å². The Kier molecular flexibility index (Phi) is 11.1. The third-order valence-corrected chi connectivity index (χ3v) is 11.7. The average Bonchev–Trinajstić information content (AvgIpc) is 3.06. The van der Waals surface area contributed by atoms with Crippen LogP contribution in [0.15, 0.2) is 48.5 Å². The maximum absolute atomic E-state index is 13.5. The van der Waals surface area contributed by atoms with Gasteiger partial charge in [-0.1, -0.05) is 103 Å². The number of carbonyl (C=O) groups is 2.